The van der Waals surface area contributed by atoms with Gasteiger partial charge in [0.15, 0.2) is 0 Å². The molecule has 0 aromatic rings. The first-order valence-corrected chi connectivity index (χ1v) is 6.07. The van der Waals surface area contributed by atoms with Crippen LogP contribution in [0.15, 0.2) is 24.8 Å². The Labute approximate surface area is 96.5 Å². The van der Waals surface area contributed by atoms with Crippen LogP contribution in [0.1, 0.15) is 60.3 Å². The van der Waals surface area contributed by atoms with Gasteiger partial charge >= 0.3 is 0 Å². The minimum Gasteiger partial charge on any atom is -0.102 e. The molecule has 0 saturated carbocycles. The molecule has 0 rings (SSSR count). The summed E-state index contributed by atoms with van der Waals surface area (Å²) < 4.78 is 0. The molecule has 0 heterocycles. The van der Waals surface area contributed by atoms with E-state index in [0.29, 0.717) is 5.41 Å². The van der Waals surface area contributed by atoms with E-state index >= 15 is 0 Å². The van der Waals surface area contributed by atoms with E-state index in [1.165, 1.54) is 31.3 Å². The van der Waals surface area contributed by atoms with Gasteiger partial charge in [0.1, 0.15) is 0 Å². The van der Waals surface area contributed by atoms with Crippen LogP contribution in [-0.2, 0) is 0 Å². The Morgan fingerprint density at radius 1 is 1.20 bits per heavy atom. The Morgan fingerprint density at radius 3 is 2.07 bits per heavy atom. The summed E-state index contributed by atoms with van der Waals surface area (Å²) in [7, 11) is 0. The van der Waals surface area contributed by atoms with Crippen LogP contribution in [0.2, 0.25) is 0 Å². The molecule has 0 bridgehead atoms. The molecule has 0 spiro atoms. The quantitative estimate of drug-likeness (QED) is 0.494. The summed E-state index contributed by atoms with van der Waals surface area (Å²) in [6.45, 7) is 19.3. The van der Waals surface area contributed by atoms with Gasteiger partial charge in [-0.1, -0.05) is 58.8 Å². The van der Waals surface area contributed by atoms with Gasteiger partial charge < -0.3 is 0 Å². The Balaban J connectivity index is 4.15. The minimum atomic E-state index is 0.129. The second-order valence-electron chi connectivity index (χ2n) is 5.77. The van der Waals surface area contributed by atoms with Crippen molar-refractivity contribution in [1.29, 1.82) is 0 Å². The summed E-state index contributed by atoms with van der Waals surface area (Å²) in [5, 5.41) is 0. The first-order valence-electron chi connectivity index (χ1n) is 6.07. The van der Waals surface area contributed by atoms with Crippen molar-refractivity contribution in [2.75, 3.05) is 0 Å². The first-order chi connectivity index (χ1) is 6.77. The molecule has 0 heteroatoms. The lowest BCUT2D eigenvalue weighted by molar-refractivity contribution is 0.291. The molecule has 0 saturated heterocycles. The van der Waals surface area contributed by atoms with Crippen LogP contribution in [0.25, 0.3) is 0 Å². The highest BCUT2D eigenvalue weighted by atomic mass is 14.3. The molecule has 1 atom stereocenters. The monoisotopic (exact) mass is 208 g/mol. The molecular weight excluding hydrogens is 180 g/mol. The van der Waals surface area contributed by atoms with Crippen LogP contribution in [0, 0.1) is 10.8 Å². The highest BCUT2D eigenvalue weighted by Crippen LogP contribution is 2.35. The molecule has 0 radical (unpaired) electrons. The first kappa shape index (κ1) is 14.5. The van der Waals surface area contributed by atoms with E-state index in [1.54, 1.807) is 0 Å². The van der Waals surface area contributed by atoms with E-state index < -0.39 is 0 Å². The number of allylic oxidation sites excluding steroid dienone is 2. The zero-order chi connectivity index (χ0) is 12.1. The third-order valence-corrected chi connectivity index (χ3v) is 3.93. The van der Waals surface area contributed by atoms with E-state index in [2.05, 4.69) is 47.8 Å². The molecule has 0 aromatic heterocycles. The summed E-state index contributed by atoms with van der Waals surface area (Å²) in [6.07, 6.45) is 7.03. The molecule has 0 aliphatic rings. The van der Waals surface area contributed by atoms with Gasteiger partial charge in [-0.15, -0.1) is 6.58 Å². The molecule has 0 aliphatic heterocycles. The van der Waals surface area contributed by atoms with Gasteiger partial charge in [-0.25, -0.2) is 0 Å². The smallest absolute Gasteiger partial charge is 0.00544 e. The highest BCUT2D eigenvalue weighted by Gasteiger charge is 2.22. The van der Waals surface area contributed by atoms with Crippen molar-refractivity contribution >= 4 is 0 Å². The number of rotatable bonds is 7. The fourth-order valence-electron chi connectivity index (χ4n) is 1.60. The largest absolute Gasteiger partial charge is 0.102 e. The maximum absolute atomic E-state index is 4.06. The Bertz CT molecular complexity index is 222. The van der Waals surface area contributed by atoms with Gasteiger partial charge in [-0.3, -0.25) is 0 Å². The molecule has 0 aliphatic carbocycles. The molecule has 0 fully saturated rings. The van der Waals surface area contributed by atoms with Gasteiger partial charge in [0, 0.05) is 5.41 Å². The van der Waals surface area contributed by atoms with Gasteiger partial charge in [0.05, 0.1) is 0 Å². The van der Waals surface area contributed by atoms with Gasteiger partial charge in [0.25, 0.3) is 0 Å². The average Bonchev–Trinajstić information content (AvgIpc) is 2.17. The van der Waals surface area contributed by atoms with Gasteiger partial charge in [-0.05, 0) is 25.2 Å². The van der Waals surface area contributed by atoms with Crippen LogP contribution >= 0.6 is 0 Å². The lowest BCUT2D eigenvalue weighted by Crippen LogP contribution is -2.16. The number of hydrogen-bond acceptors (Lipinski definition) is 0. The average molecular weight is 208 g/mol. The Hall–Kier alpha value is -0.520. The second kappa shape index (κ2) is 5.53. The maximum Gasteiger partial charge on any atom is 0.00544 e. The van der Waals surface area contributed by atoms with Crippen LogP contribution < -0.4 is 0 Å². The Kier molecular flexibility index (Phi) is 5.34. The van der Waals surface area contributed by atoms with Crippen LogP contribution in [0.4, 0.5) is 0 Å². The lowest BCUT2D eigenvalue weighted by atomic mass is 9.76. The van der Waals surface area contributed by atoms with E-state index in [9.17, 15) is 0 Å². The molecule has 88 valence electrons. The molecule has 0 N–H and O–H groups in total. The van der Waals surface area contributed by atoms with E-state index in [1.807, 2.05) is 6.08 Å². The fraction of sp³-hybridized carbons (Fsp3) is 0.733. The van der Waals surface area contributed by atoms with Crippen molar-refractivity contribution in [3.63, 3.8) is 0 Å². The fourth-order valence-corrected chi connectivity index (χ4v) is 1.60. The molecule has 0 amide bonds. The normalized spacial score (nSPS) is 15.8. The molecule has 15 heavy (non-hydrogen) atoms. The lowest BCUT2D eigenvalue weighted by Gasteiger charge is -2.29. The van der Waals surface area contributed by atoms with Crippen molar-refractivity contribution in [3.8, 4) is 0 Å². The zero-order valence-corrected chi connectivity index (χ0v) is 11.3. The van der Waals surface area contributed by atoms with Crippen LogP contribution in [-0.4, -0.2) is 0 Å². The summed E-state index contributed by atoms with van der Waals surface area (Å²) in [4.78, 5) is 0. The van der Waals surface area contributed by atoms with Gasteiger partial charge in [-0.2, -0.15) is 0 Å². The summed E-state index contributed by atoms with van der Waals surface area (Å²) >= 11 is 0. The predicted molar refractivity (Wildman–Crippen MR) is 71.0 cm³/mol. The van der Waals surface area contributed by atoms with Crippen molar-refractivity contribution < 1.29 is 0 Å². The molecule has 1 unspecified atom stereocenters. The van der Waals surface area contributed by atoms with E-state index in [0.717, 1.165) is 0 Å². The van der Waals surface area contributed by atoms with Crippen molar-refractivity contribution in [2.45, 2.75) is 60.3 Å². The Morgan fingerprint density at radius 2 is 1.73 bits per heavy atom. The maximum atomic E-state index is 4.06. The van der Waals surface area contributed by atoms with Crippen LogP contribution in [0.3, 0.4) is 0 Å². The third-order valence-electron chi connectivity index (χ3n) is 3.93. The van der Waals surface area contributed by atoms with Crippen LogP contribution in [0.5, 0.6) is 0 Å². The third kappa shape index (κ3) is 4.68. The number of hydrogen-bond donors (Lipinski definition) is 0. The van der Waals surface area contributed by atoms with Gasteiger partial charge in [0.2, 0.25) is 0 Å². The highest BCUT2D eigenvalue weighted by molar-refractivity contribution is 5.13. The zero-order valence-electron chi connectivity index (χ0n) is 11.3. The topological polar surface area (TPSA) is 0 Å². The minimum absolute atomic E-state index is 0.129. The van der Waals surface area contributed by atoms with E-state index in [-0.39, 0.29) is 5.41 Å². The summed E-state index contributed by atoms with van der Waals surface area (Å²) in [5.74, 6) is 0. The summed E-state index contributed by atoms with van der Waals surface area (Å²) in [5.41, 5.74) is 1.84. The van der Waals surface area contributed by atoms with Crippen molar-refractivity contribution in [3.05, 3.63) is 24.8 Å². The summed E-state index contributed by atoms with van der Waals surface area (Å²) in [6, 6.07) is 0. The standard InChI is InChI=1S/C15H28/c1-8-14(5,6)11-10-12-15(7,9-2)13(3)4/h9H,2-3,8,10-12H2,1,4-7H3. The van der Waals surface area contributed by atoms with Crippen molar-refractivity contribution in [2.24, 2.45) is 10.8 Å². The predicted octanol–water partition coefficient (Wildman–Crippen LogP) is 5.36. The second-order valence-corrected chi connectivity index (χ2v) is 5.77. The molecular formula is C15H28. The molecule has 0 nitrogen and oxygen atoms in total. The van der Waals surface area contributed by atoms with Crippen molar-refractivity contribution in [1.82, 2.24) is 0 Å². The molecule has 0 aromatic carbocycles. The van der Waals surface area contributed by atoms with E-state index in [4.69, 9.17) is 0 Å². The SMILES string of the molecule is C=CC(C)(CCCC(C)(C)CC)C(=C)C.